The molecular formula is C15H21N3O. The summed E-state index contributed by atoms with van der Waals surface area (Å²) in [4.78, 5) is 16.5. The van der Waals surface area contributed by atoms with Crippen LogP contribution in [0.2, 0.25) is 0 Å². The number of fused-ring (bicyclic) bond motifs is 1. The lowest BCUT2D eigenvalue weighted by atomic mass is 10.1. The van der Waals surface area contributed by atoms with E-state index in [1.165, 1.54) is 32.4 Å². The minimum absolute atomic E-state index is 0.177. The Bertz CT molecular complexity index is 454. The molecule has 0 unspecified atom stereocenters. The van der Waals surface area contributed by atoms with Crippen molar-refractivity contribution in [3.63, 3.8) is 0 Å². The summed E-state index contributed by atoms with van der Waals surface area (Å²) in [6, 6.07) is 8.06. The highest BCUT2D eigenvalue weighted by Gasteiger charge is 2.23. The summed E-state index contributed by atoms with van der Waals surface area (Å²) in [5.41, 5.74) is 2.09. The molecule has 19 heavy (non-hydrogen) atoms. The van der Waals surface area contributed by atoms with Gasteiger partial charge in [0, 0.05) is 13.1 Å². The monoisotopic (exact) mass is 259 g/mol. The average Bonchev–Trinajstić information content (AvgIpc) is 2.47. The zero-order chi connectivity index (χ0) is 13.1. The standard InChI is InChI=1S/C15H21N3O/c19-15-12-16-13-6-2-3-7-14(13)18(15)11-10-17-8-4-1-5-9-17/h2-3,6-7,16H,1,4-5,8-12H2. The smallest absolute Gasteiger partial charge is 0.246 e. The molecular weight excluding hydrogens is 238 g/mol. The van der Waals surface area contributed by atoms with E-state index in [4.69, 9.17) is 0 Å². The molecule has 0 saturated carbocycles. The number of benzene rings is 1. The molecule has 3 rings (SSSR count). The summed E-state index contributed by atoms with van der Waals surface area (Å²) >= 11 is 0. The van der Waals surface area contributed by atoms with E-state index in [1.54, 1.807) is 0 Å². The van der Waals surface area contributed by atoms with Gasteiger partial charge < -0.3 is 15.1 Å². The van der Waals surface area contributed by atoms with Crippen molar-refractivity contribution in [2.24, 2.45) is 0 Å². The fraction of sp³-hybridized carbons (Fsp3) is 0.533. The van der Waals surface area contributed by atoms with Crippen molar-refractivity contribution in [2.45, 2.75) is 19.3 Å². The van der Waals surface area contributed by atoms with Gasteiger partial charge in [-0.3, -0.25) is 4.79 Å². The molecule has 2 heterocycles. The highest BCUT2D eigenvalue weighted by atomic mass is 16.2. The second kappa shape index (κ2) is 5.61. The number of amides is 1. The number of nitrogens with one attached hydrogen (secondary N) is 1. The molecule has 0 radical (unpaired) electrons. The number of piperidine rings is 1. The molecule has 0 atom stereocenters. The van der Waals surface area contributed by atoms with Gasteiger partial charge >= 0.3 is 0 Å². The number of carbonyl (C=O) groups is 1. The van der Waals surface area contributed by atoms with Gasteiger partial charge in [-0.2, -0.15) is 0 Å². The van der Waals surface area contributed by atoms with Crippen LogP contribution >= 0.6 is 0 Å². The normalized spacial score (nSPS) is 20.0. The Kier molecular flexibility index (Phi) is 3.69. The Labute approximate surface area is 114 Å². The zero-order valence-corrected chi connectivity index (χ0v) is 11.3. The molecule has 4 nitrogen and oxygen atoms in total. The van der Waals surface area contributed by atoms with Crippen molar-refractivity contribution < 1.29 is 4.79 Å². The van der Waals surface area contributed by atoms with E-state index < -0.39 is 0 Å². The van der Waals surface area contributed by atoms with Crippen LogP contribution in [-0.2, 0) is 4.79 Å². The van der Waals surface area contributed by atoms with Gasteiger partial charge in [-0.15, -0.1) is 0 Å². The molecule has 0 spiro atoms. The average molecular weight is 259 g/mol. The number of hydrogen-bond donors (Lipinski definition) is 1. The third-order valence-corrected chi connectivity index (χ3v) is 4.01. The van der Waals surface area contributed by atoms with E-state index in [0.29, 0.717) is 6.54 Å². The Morgan fingerprint density at radius 1 is 1.05 bits per heavy atom. The third-order valence-electron chi connectivity index (χ3n) is 4.01. The first kappa shape index (κ1) is 12.5. The van der Waals surface area contributed by atoms with Crippen LogP contribution in [0.25, 0.3) is 0 Å². The molecule has 1 aromatic rings. The Balaban J connectivity index is 1.67. The highest BCUT2D eigenvalue weighted by molar-refractivity contribution is 6.02. The molecule has 0 bridgehead atoms. The van der Waals surface area contributed by atoms with Crippen LogP contribution in [0, 0.1) is 0 Å². The van der Waals surface area contributed by atoms with Crippen LogP contribution in [0.5, 0.6) is 0 Å². The minimum atomic E-state index is 0.177. The van der Waals surface area contributed by atoms with Crippen molar-refractivity contribution in [3.8, 4) is 0 Å². The Morgan fingerprint density at radius 3 is 2.68 bits per heavy atom. The molecule has 1 fully saturated rings. The first-order chi connectivity index (χ1) is 9.34. The van der Waals surface area contributed by atoms with E-state index in [9.17, 15) is 4.79 Å². The van der Waals surface area contributed by atoms with Crippen molar-refractivity contribution in [1.29, 1.82) is 0 Å². The Morgan fingerprint density at radius 2 is 1.84 bits per heavy atom. The molecule has 2 aliphatic heterocycles. The van der Waals surface area contributed by atoms with Crippen LogP contribution in [0.15, 0.2) is 24.3 Å². The second-order valence-electron chi connectivity index (χ2n) is 5.32. The summed E-state index contributed by atoms with van der Waals surface area (Å²) in [6.45, 7) is 4.57. The maximum absolute atomic E-state index is 12.1. The van der Waals surface area contributed by atoms with E-state index in [0.717, 1.165) is 24.5 Å². The van der Waals surface area contributed by atoms with Crippen LogP contribution in [0.3, 0.4) is 0 Å². The summed E-state index contributed by atoms with van der Waals surface area (Å²) < 4.78 is 0. The summed E-state index contributed by atoms with van der Waals surface area (Å²) in [7, 11) is 0. The van der Waals surface area contributed by atoms with Crippen molar-refractivity contribution in [1.82, 2.24) is 4.90 Å². The lowest BCUT2D eigenvalue weighted by Crippen LogP contribution is -2.45. The van der Waals surface area contributed by atoms with E-state index in [1.807, 2.05) is 29.2 Å². The predicted molar refractivity (Wildman–Crippen MR) is 77.6 cm³/mol. The van der Waals surface area contributed by atoms with Gasteiger partial charge in [0.2, 0.25) is 5.91 Å². The van der Waals surface area contributed by atoms with Crippen molar-refractivity contribution in [3.05, 3.63) is 24.3 Å². The lowest BCUT2D eigenvalue weighted by molar-refractivity contribution is -0.117. The minimum Gasteiger partial charge on any atom is -0.374 e. The summed E-state index contributed by atoms with van der Waals surface area (Å²) in [5.74, 6) is 0.177. The highest BCUT2D eigenvalue weighted by Crippen LogP contribution is 2.28. The van der Waals surface area contributed by atoms with Gasteiger partial charge in [-0.05, 0) is 38.1 Å². The molecule has 0 aromatic heterocycles. The maximum Gasteiger partial charge on any atom is 0.246 e. The fourth-order valence-electron chi connectivity index (χ4n) is 2.93. The topological polar surface area (TPSA) is 35.6 Å². The second-order valence-corrected chi connectivity index (χ2v) is 5.32. The molecule has 2 aliphatic rings. The van der Waals surface area contributed by atoms with Crippen LogP contribution < -0.4 is 10.2 Å². The van der Waals surface area contributed by atoms with Crippen molar-refractivity contribution in [2.75, 3.05) is 42.9 Å². The molecule has 1 N–H and O–H groups in total. The van der Waals surface area contributed by atoms with Gasteiger partial charge in [-0.1, -0.05) is 18.6 Å². The number of rotatable bonds is 3. The zero-order valence-electron chi connectivity index (χ0n) is 11.3. The number of anilines is 2. The number of para-hydroxylation sites is 2. The van der Waals surface area contributed by atoms with Gasteiger partial charge in [0.25, 0.3) is 0 Å². The molecule has 0 aliphatic carbocycles. The number of nitrogens with zero attached hydrogens (tertiary/aromatic N) is 2. The number of hydrogen-bond acceptors (Lipinski definition) is 3. The quantitative estimate of drug-likeness (QED) is 0.901. The number of likely N-dealkylation sites (tertiary alicyclic amines) is 1. The largest absolute Gasteiger partial charge is 0.374 e. The Hall–Kier alpha value is -1.55. The first-order valence-corrected chi connectivity index (χ1v) is 7.20. The van der Waals surface area contributed by atoms with Gasteiger partial charge in [0.15, 0.2) is 0 Å². The van der Waals surface area contributed by atoms with E-state index in [-0.39, 0.29) is 5.91 Å². The molecule has 4 heteroatoms. The van der Waals surface area contributed by atoms with Gasteiger partial charge in [0.1, 0.15) is 0 Å². The molecule has 1 aromatic carbocycles. The van der Waals surface area contributed by atoms with E-state index in [2.05, 4.69) is 10.2 Å². The van der Waals surface area contributed by atoms with Crippen LogP contribution in [0.4, 0.5) is 11.4 Å². The SMILES string of the molecule is O=C1CNc2ccccc2N1CCN1CCCCC1. The predicted octanol–water partition coefficient (Wildman–Crippen LogP) is 1.93. The fourth-order valence-corrected chi connectivity index (χ4v) is 2.93. The van der Waals surface area contributed by atoms with Crippen LogP contribution in [0.1, 0.15) is 19.3 Å². The molecule has 1 amide bonds. The summed E-state index contributed by atoms with van der Waals surface area (Å²) in [6.07, 6.45) is 3.95. The summed E-state index contributed by atoms with van der Waals surface area (Å²) in [5, 5.41) is 3.18. The van der Waals surface area contributed by atoms with E-state index >= 15 is 0 Å². The molecule has 1 saturated heterocycles. The van der Waals surface area contributed by atoms with Gasteiger partial charge in [-0.25, -0.2) is 0 Å². The number of carbonyl (C=O) groups excluding carboxylic acids is 1. The maximum atomic E-state index is 12.1. The van der Waals surface area contributed by atoms with Crippen molar-refractivity contribution >= 4 is 17.3 Å². The third kappa shape index (κ3) is 2.73. The first-order valence-electron chi connectivity index (χ1n) is 7.20. The lowest BCUT2D eigenvalue weighted by Gasteiger charge is -2.33. The van der Waals surface area contributed by atoms with Crippen LogP contribution in [-0.4, -0.2) is 43.5 Å². The van der Waals surface area contributed by atoms with Gasteiger partial charge in [0.05, 0.1) is 17.9 Å². The molecule has 102 valence electrons.